The van der Waals surface area contributed by atoms with Crippen molar-refractivity contribution in [3.05, 3.63) is 52.1 Å². The first-order valence-corrected chi connectivity index (χ1v) is 7.86. The van der Waals surface area contributed by atoms with Crippen molar-refractivity contribution in [3.8, 4) is 0 Å². The minimum Gasteiger partial charge on any atom is -0.354 e. The van der Waals surface area contributed by atoms with E-state index < -0.39 is 0 Å². The summed E-state index contributed by atoms with van der Waals surface area (Å²) < 4.78 is 1.11. The molecule has 1 aromatic carbocycles. The van der Waals surface area contributed by atoms with Crippen molar-refractivity contribution in [2.24, 2.45) is 0 Å². The number of benzene rings is 1. The molecule has 0 amide bonds. The molecule has 4 nitrogen and oxygen atoms in total. The van der Waals surface area contributed by atoms with Gasteiger partial charge in [0.15, 0.2) is 5.82 Å². The van der Waals surface area contributed by atoms with E-state index in [9.17, 15) is 0 Å². The van der Waals surface area contributed by atoms with Gasteiger partial charge in [-0.2, -0.15) is 5.10 Å². The summed E-state index contributed by atoms with van der Waals surface area (Å²) in [5.41, 5.74) is 2.19. The molecule has 1 heterocycles. The SMILES string of the molecule is CC(C)NCc1ccc(N(C)Cc2ccccc2Br)nn1. The molecule has 0 radical (unpaired) electrons. The summed E-state index contributed by atoms with van der Waals surface area (Å²) in [5.74, 6) is 0.874. The van der Waals surface area contributed by atoms with Crippen LogP contribution >= 0.6 is 15.9 Å². The Labute approximate surface area is 134 Å². The Kier molecular flexibility index (Phi) is 5.70. The van der Waals surface area contributed by atoms with Crippen LogP contribution in [0.3, 0.4) is 0 Å². The van der Waals surface area contributed by atoms with Gasteiger partial charge in [-0.3, -0.25) is 0 Å². The smallest absolute Gasteiger partial charge is 0.151 e. The van der Waals surface area contributed by atoms with Gasteiger partial charge < -0.3 is 10.2 Å². The fraction of sp³-hybridized carbons (Fsp3) is 0.375. The van der Waals surface area contributed by atoms with Crippen molar-refractivity contribution in [1.29, 1.82) is 0 Å². The molecule has 0 saturated heterocycles. The zero-order valence-electron chi connectivity index (χ0n) is 12.7. The van der Waals surface area contributed by atoms with E-state index in [1.165, 1.54) is 5.56 Å². The molecule has 0 aliphatic rings. The molecular formula is C16H21BrN4. The molecule has 2 aromatic rings. The molecule has 1 N–H and O–H groups in total. The van der Waals surface area contributed by atoms with Crippen molar-refractivity contribution >= 4 is 21.7 Å². The average molecular weight is 349 g/mol. The van der Waals surface area contributed by atoms with E-state index in [4.69, 9.17) is 0 Å². The van der Waals surface area contributed by atoms with Crippen LogP contribution in [0.4, 0.5) is 5.82 Å². The summed E-state index contributed by atoms with van der Waals surface area (Å²) in [6.07, 6.45) is 0. The third-order valence-electron chi connectivity index (χ3n) is 3.15. The predicted octanol–water partition coefficient (Wildman–Crippen LogP) is 3.37. The normalized spacial score (nSPS) is 10.9. The topological polar surface area (TPSA) is 41.0 Å². The van der Waals surface area contributed by atoms with Gasteiger partial charge in [0.1, 0.15) is 0 Å². The molecule has 1 aromatic heterocycles. The van der Waals surface area contributed by atoms with Gasteiger partial charge in [-0.1, -0.05) is 48.0 Å². The van der Waals surface area contributed by atoms with E-state index in [1.807, 2.05) is 31.3 Å². The lowest BCUT2D eigenvalue weighted by Crippen LogP contribution is -2.23. The van der Waals surface area contributed by atoms with Crippen LogP contribution in [0.2, 0.25) is 0 Å². The maximum absolute atomic E-state index is 4.30. The number of hydrogen-bond acceptors (Lipinski definition) is 4. The lowest BCUT2D eigenvalue weighted by atomic mass is 10.2. The van der Waals surface area contributed by atoms with E-state index in [0.717, 1.165) is 29.1 Å². The molecule has 0 fully saturated rings. The zero-order valence-corrected chi connectivity index (χ0v) is 14.3. The second-order valence-corrected chi connectivity index (χ2v) is 6.22. The number of rotatable bonds is 6. The first-order valence-electron chi connectivity index (χ1n) is 7.07. The highest BCUT2D eigenvalue weighted by atomic mass is 79.9. The van der Waals surface area contributed by atoms with Crippen molar-refractivity contribution < 1.29 is 0 Å². The average Bonchev–Trinajstić information content (AvgIpc) is 2.48. The van der Waals surface area contributed by atoms with Gasteiger partial charge in [0.2, 0.25) is 0 Å². The number of nitrogens with one attached hydrogen (secondary N) is 1. The summed E-state index contributed by atoms with van der Waals surface area (Å²) in [5, 5.41) is 11.9. The van der Waals surface area contributed by atoms with E-state index in [1.54, 1.807) is 0 Å². The molecule has 0 bridgehead atoms. The summed E-state index contributed by atoms with van der Waals surface area (Å²) in [6.45, 7) is 5.78. The monoisotopic (exact) mass is 348 g/mol. The van der Waals surface area contributed by atoms with Crippen LogP contribution in [0.5, 0.6) is 0 Å². The van der Waals surface area contributed by atoms with Crippen LogP contribution in [0.1, 0.15) is 25.1 Å². The van der Waals surface area contributed by atoms with Crippen molar-refractivity contribution in [2.75, 3.05) is 11.9 Å². The third kappa shape index (κ3) is 4.79. The molecule has 5 heteroatoms. The van der Waals surface area contributed by atoms with Crippen LogP contribution in [-0.4, -0.2) is 23.3 Å². The maximum Gasteiger partial charge on any atom is 0.151 e. The molecule has 2 rings (SSSR count). The summed E-state index contributed by atoms with van der Waals surface area (Å²) in [7, 11) is 2.02. The van der Waals surface area contributed by atoms with Crippen molar-refractivity contribution in [1.82, 2.24) is 15.5 Å². The first-order chi connectivity index (χ1) is 10.1. The van der Waals surface area contributed by atoms with Gasteiger partial charge >= 0.3 is 0 Å². The number of halogens is 1. The highest BCUT2D eigenvalue weighted by molar-refractivity contribution is 9.10. The minimum atomic E-state index is 0.449. The van der Waals surface area contributed by atoms with Crippen LogP contribution in [0.15, 0.2) is 40.9 Å². The molecule has 112 valence electrons. The zero-order chi connectivity index (χ0) is 15.2. The molecule has 0 atom stereocenters. The Morgan fingerprint density at radius 3 is 2.52 bits per heavy atom. The maximum atomic E-state index is 4.30. The number of hydrogen-bond donors (Lipinski definition) is 1. The molecule has 0 aliphatic carbocycles. The molecule has 0 aliphatic heterocycles. The molecule has 0 spiro atoms. The summed E-state index contributed by atoms with van der Waals surface area (Å²) >= 11 is 3.57. The fourth-order valence-electron chi connectivity index (χ4n) is 1.92. The third-order valence-corrected chi connectivity index (χ3v) is 3.93. The Morgan fingerprint density at radius 1 is 1.14 bits per heavy atom. The Balaban J connectivity index is 2.00. The number of anilines is 1. The van der Waals surface area contributed by atoms with E-state index in [-0.39, 0.29) is 0 Å². The van der Waals surface area contributed by atoms with Gasteiger partial charge in [0.25, 0.3) is 0 Å². The molecular weight excluding hydrogens is 328 g/mol. The molecule has 0 saturated carbocycles. The second kappa shape index (κ2) is 7.52. The first kappa shape index (κ1) is 15.9. The highest BCUT2D eigenvalue weighted by Gasteiger charge is 2.07. The second-order valence-electron chi connectivity index (χ2n) is 5.37. The van der Waals surface area contributed by atoms with Gasteiger partial charge in [0.05, 0.1) is 5.69 Å². The number of aromatic nitrogens is 2. The fourth-order valence-corrected chi connectivity index (χ4v) is 2.33. The lowest BCUT2D eigenvalue weighted by Gasteiger charge is -2.18. The van der Waals surface area contributed by atoms with Crippen molar-refractivity contribution in [3.63, 3.8) is 0 Å². The van der Waals surface area contributed by atoms with Crippen LogP contribution in [0.25, 0.3) is 0 Å². The van der Waals surface area contributed by atoms with Crippen LogP contribution in [-0.2, 0) is 13.1 Å². The van der Waals surface area contributed by atoms with E-state index in [0.29, 0.717) is 6.04 Å². The largest absolute Gasteiger partial charge is 0.354 e. The van der Waals surface area contributed by atoms with E-state index >= 15 is 0 Å². The molecule has 21 heavy (non-hydrogen) atoms. The van der Waals surface area contributed by atoms with Gasteiger partial charge in [-0.15, -0.1) is 5.10 Å². The molecule has 0 unspecified atom stereocenters. The quantitative estimate of drug-likeness (QED) is 0.868. The summed E-state index contributed by atoms with van der Waals surface area (Å²) in [6, 6.07) is 12.7. The minimum absolute atomic E-state index is 0.449. The highest BCUT2D eigenvalue weighted by Crippen LogP contribution is 2.19. The predicted molar refractivity (Wildman–Crippen MR) is 90.3 cm³/mol. The van der Waals surface area contributed by atoms with Crippen molar-refractivity contribution in [2.45, 2.75) is 33.0 Å². The van der Waals surface area contributed by atoms with Crippen LogP contribution < -0.4 is 10.2 Å². The van der Waals surface area contributed by atoms with Gasteiger partial charge in [0, 0.05) is 30.7 Å². The summed E-state index contributed by atoms with van der Waals surface area (Å²) in [4.78, 5) is 2.09. The standard InChI is InChI=1S/C16H21BrN4/c1-12(2)18-10-14-8-9-16(20-19-14)21(3)11-13-6-4-5-7-15(13)17/h4-9,12,18H,10-11H2,1-3H3. The van der Waals surface area contributed by atoms with Gasteiger partial charge in [-0.05, 0) is 23.8 Å². The Bertz CT molecular complexity index is 569. The van der Waals surface area contributed by atoms with E-state index in [2.05, 4.69) is 62.3 Å². The Morgan fingerprint density at radius 2 is 1.90 bits per heavy atom. The van der Waals surface area contributed by atoms with Crippen LogP contribution in [0, 0.1) is 0 Å². The Hall–Kier alpha value is -1.46. The number of nitrogens with zero attached hydrogens (tertiary/aromatic N) is 3. The lowest BCUT2D eigenvalue weighted by molar-refractivity contribution is 0.577. The van der Waals surface area contributed by atoms with Gasteiger partial charge in [-0.25, -0.2) is 0 Å².